The summed E-state index contributed by atoms with van der Waals surface area (Å²) in [5, 5.41) is 0. The van der Waals surface area contributed by atoms with Crippen molar-refractivity contribution in [2.45, 2.75) is 70.8 Å². The summed E-state index contributed by atoms with van der Waals surface area (Å²) in [7, 11) is 0. The highest BCUT2D eigenvalue weighted by molar-refractivity contribution is 5.34. The third-order valence-electron chi connectivity index (χ3n) is 6.79. The first-order chi connectivity index (χ1) is 13.3. The Labute approximate surface area is 165 Å². The van der Waals surface area contributed by atoms with Gasteiger partial charge in [0.2, 0.25) is 5.95 Å². The van der Waals surface area contributed by atoms with Gasteiger partial charge >= 0.3 is 0 Å². The molecule has 1 aromatic rings. The van der Waals surface area contributed by atoms with Crippen molar-refractivity contribution >= 4 is 5.95 Å². The van der Waals surface area contributed by atoms with Gasteiger partial charge < -0.3 is 9.80 Å². The molecule has 0 unspecified atom stereocenters. The number of aryl methyl sites for hydroxylation is 1. The highest BCUT2D eigenvalue weighted by Crippen LogP contribution is 2.26. The van der Waals surface area contributed by atoms with Crippen LogP contribution in [0.1, 0.15) is 63.1 Å². The van der Waals surface area contributed by atoms with E-state index in [9.17, 15) is 0 Å². The molecule has 150 valence electrons. The van der Waals surface area contributed by atoms with Gasteiger partial charge in [0, 0.05) is 50.7 Å². The molecule has 0 radical (unpaired) electrons. The van der Waals surface area contributed by atoms with Crippen molar-refractivity contribution in [2.75, 3.05) is 50.7 Å². The van der Waals surface area contributed by atoms with Crippen LogP contribution < -0.4 is 4.90 Å². The average Bonchev–Trinajstić information content (AvgIpc) is 2.63. The number of unbranched alkanes of at least 4 members (excludes halogenated alkanes) is 2. The Balaban J connectivity index is 1.33. The number of hydrogen-bond donors (Lipinski definition) is 0. The van der Waals surface area contributed by atoms with Crippen molar-refractivity contribution in [3.8, 4) is 0 Å². The van der Waals surface area contributed by atoms with E-state index in [1.807, 2.05) is 0 Å². The number of nitrogens with zero attached hydrogens (tertiary/aromatic N) is 5. The summed E-state index contributed by atoms with van der Waals surface area (Å²) in [6.45, 7) is 10.5. The minimum absolute atomic E-state index is 0.865. The van der Waals surface area contributed by atoms with E-state index in [0.29, 0.717) is 0 Å². The molecule has 27 heavy (non-hydrogen) atoms. The van der Waals surface area contributed by atoms with Crippen molar-refractivity contribution in [2.24, 2.45) is 0 Å². The lowest BCUT2D eigenvalue weighted by atomic mass is 9.91. The van der Waals surface area contributed by atoms with Crippen LogP contribution in [0.2, 0.25) is 0 Å². The van der Waals surface area contributed by atoms with Crippen LogP contribution in [0.3, 0.4) is 0 Å². The molecule has 5 nitrogen and oxygen atoms in total. The Morgan fingerprint density at radius 1 is 0.963 bits per heavy atom. The molecule has 1 saturated heterocycles. The zero-order valence-electron chi connectivity index (χ0n) is 17.2. The summed E-state index contributed by atoms with van der Waals surface area (Å²) >= 11 is 0. The van der Waals surface area contributed by atoms with E-state index in [1.165, 1.54) is 88.9 Å². The summed E-state index contributed by atoms with van der Waals surface area (Å²) in [5.41, 5.74) is 2.70. The zero-order chi connectivity index (χ0) is 18.5. The van der Waals surface area contributed by atoms with Crippen LogP contribution in [-0.2, 0) is 12.8 Å². The van der Waals surface area contributed by atoms with Crippen LogP contribution in [0.15, 0.2) is 6.20 Å². The second kappa shape index (κ2) is 9.33. The zero-order valence-corrected chi connectivity index (χ0v) is 17.2. The molecule has 3 heterocycles. The van der Waals surface area contributed by atoms with Gasteiger partial charge in [0.1, 0.15) is 0 Å². The second-order valence-electron chi connectivity index (χ2n) is 8.65. The molecule has 0 aromatic carbocycles. The van der Waals surface area contributed by atoms with Crippen molar-refractivity contribution in [1.82, 2.24) is 19.8 Å². The van der Waals surface area contributed by atoms with Crippen molar-refractivity contribution in [3.05, 3.63) is 17.5 Å². The number of anilines is 1. The fourth-order valence-electron chi connectivity index (χ4n) is 4.72. The van der Waals surface area contributed by atoms with E-state index >= 15 is 0 Å². The topological polar surface area (TPSA) is 35.5 Å². The summed E-state index contributed by atoms with van der Waals surface area (Å²) in [4.78, 5) is 17.5. The standard InChI is InChI=1S/C22H37N5/c1-2-3-4-11-25-12-6-9-21-19(10-13-25)18-23-22(24-21)27-16-14-26(15-17-27)20-7-5-8-20/h18,20H,2-17H2,1H3. The van der Waals surface area contributed by atoms with E-state index < -0.39 is 0 Å². The van der Waals surface area contributed by atoms with Gasteiger partial charge in [-0.1, -0.05) is 26.2 Å². The maximum atomic E-state index is 5.02. The van der Waals surface area contributed by atoms with Crippen LogP contribution in [0, 0.1) is 0 Å². The smallest absolute Gasteiger partial charge is 0.225 e. The molecule has 0 atom stereocenters. The molecule has 0 amide bonds. The molecule has 4 rings (SSSR count). The summed E-state index contributed by atoms with van der Waals surface area (Å²) in [6, 6.07) is 0.865. The predicted molar refractivity (Wildman–Crippen MR) is 111 cm³/mol. The number of piperazine rings is 1. The van der Waals surface area contributed by atoms with E-state index in [-0.39, 0.29) is 0 Å². The third-order valence-corrected chi connectivity index (χ3v) is 6.79. The normalized spacial score (nSPS) is 22.8. The van der Waals surface area contributed by atoms with Gasteiger partial charge in [-0.15, -0.1) is 0 Å². The van der Waals surface area contributed by atoms with E-state index in [1.54, 1.807) is 0 Å². The molecule has 0 N–H and O–H groups in total. The van der Waals surface area contributed by atoms with E-state index in [4.69, 9.17) is 9.97 Å². The molecular weight excluding hydrogens is 334 g/mol. The van der Waals surface area contributed by atoms with Gasteiger partial charge in [-0.25, -0.2) is 9.97 Å². The van der Waals surface area contributed by atoms with Crippen LogP contribution in [0.5, 0.6) is 0 Å². The number of fused-ring (bicyclic) bond motifs is 1. The van der Waals surface area contributed by atoms with Crippen LogP contribution in [0.4, 0.5) is 5.95 Å². The molecule has 1 aromatic heterocycles. The Morgan fingerprint density at radius 2 is 1.81 bits per heavy atom. The molecule has 3 aliphatic rings. The lowest BCUT2D eigenvalue weighted by Crippen LogP contribution is -2.52. The fraction of sp³-hybridized carbons (Fsp3) is 0.818. The first-order valence-corrected chi connectivity index (χ1v) is 11.4. The quantitative estimate of drug-likeness (QED) is 0.718. The maximum absolute atomic E-state index is 5.02. The monoisotopic (exact) mass is 371 g/mol. The van der Waals surface area contributed by atoms with Crippen LogP contribution in [-0.4, -0.2) is 71.6 Å². The second-order valence-corrected chi connectivity index (χ2v) is 8.65. The Hall–Kier alpha value is -1.20. The first kappa shape index (κ1) is 19.1. The van der Waals surface area contributed by atoms with Gasteiger partial charge in [0.05, 0.1) is 0 Å². The Kier molecular flexibility index (Phi) is 6.61. The molecular formula is C22H37N5. The minimum Gasteiger partial charge on any atom is -0.338 e. The number of hydrogen-bond acceptors (Lipinski definition) is 5. The van der Waals surface area contributed by atoms with Gasteiger partial charge in [-0.3, -0.25) is 4.90 Å². The minimum atomic E-state index is 0.865. The van der Waals surface area contributed by atoms with Crippen LogP contribution in [0.25, 0.3) is 0 Å². The highest BCUT2D eigenvalue weighted by Gasteiger charge is 2.28. The highest BCUT2D eigenvalue weighted by atomic mass is 15.3. The maximum Gasteiger partial charge on any atom is 0.225 e. The summed E-state index contributed by atoms with van der Waals surface area (Å²) in [5.74, 6) is 0.974. The van der Waals surface area contributed by atoms with Crippen molar-refractivity contribution < 1.29 is 0 Å². The van der Waals surface area contributed by atoms with Crippen LogP contribution >= 0.6 is 0 Å². The largest absolute Gasteiger partial charge is 0.338 e. The van der Waals surface area contributed by atoms with Crippen molar-refractivity contribution in [3.63, 3.8) is 0 Å². The molecule has 1 aliphatic carbocycles. The first-order valence-electron chi connectivity index (χ1n) is 11.4. The summed E-state index contributed by atoms with van der Waals surface area (Å²) < 4.78 is 0. The van der Waals surface area contributed by atoms with Crippen molar-refractivity contribution in [1.29, 1.82) is 0 Å². The lowest BCUT2D eigenvalue weighted by Gasteiger charge is -2.43. The Morgan fingerprint density at radius 3 is 2.56 bits per heavy atom. The summed E-state index contributed by atoms with van der Waals surface area (Å²) in [6.07, 6.45) is 13.8. The number of aromatic nitrogens is 2. The molecule has 0 bridgehead atoms. The fourth-order valence-corrected chi connectivity index (χ4v) is 4.72. The Bertz CT molecular complexity index is 592. The average molecular weight is 372 g/mol. The number of rotatable bonds is 6. The van der Waals surface area contributed by atoms with Gasteiger partial charge in [0.15, 0.2) is 0 Å². The molecule has 2 aliphatic heterocycles. The van der Waals surface area contributed by atoms with E-state index in [2.05, 4.69) is 27.8 Å². The molecule has 5 heteroatoms. The molecule has 0 spiro atoms. The molecule has 1 saturated carbocycles. The third kappa shape index (κ3) is 4.80. The van der Waals surface area contributed by atoms with Gasteiger partial charge in [0.25, 0.3) is 0 Å². The van der Waals surface area contributed by atoms with Gasteiger partial charge in [-0.05, 0) is 57.2 Å². The predicted octanol–water partition coefficient (Wildman–Crippen LogP) is 3.13. The SMILES string of the molecule is CCCCCN1CCCc2nc(N3CCN(C4CCC4)CC3)ncc2CC1. The van der Waals surface area contributed by atoms with E-state index in [0.717, 1.165) is 37.9 Å². The van der Waals surface area contributed by atoms with Gasteiger partial charge in [-0.2, -0.15) is 0 Å². The molecule has 2 fully saturated rings. The lowest BCUT2D eigenvalue weighted by molar-refractivity contribution is 0.120.